The van der Waals surface area contributed by atoms with Gasteiger partial charge in [-0.1, -0.05) is 29.8 Å². The van der Waals surface area contributed by atoms with Crippen LogP contribution in [0.1, 0.15) is 19.7 Å². The number of benzene rings is 1. The van der Waals surface area contributed by atoms with Gasteiger partial charge >= 0.3 is 0 Å². The Kier molecular flexibility index (Phi) is 4.47. The lowest BCUT2D eigenvalue weighted by atomic mass is 10.1. The van der Waals surface area contributed by atoms with E-state index in [1.165, 1.54) is 0 Å². The predicted molar refractivity (Wildman–Crippen MR) is 72.8 cm³/mol. The Balaban J connectivity index is 2.55. The van der Waals surface area contributed by atoms with Crippen LogP contribution >= 0.6 is 15.9 Å². The minimum absolute atomic E-state index is 0.168. The molecule has 1 heterocycles. The Morgan fingerprint density at radius 2 is 1.75 bits per heavy atom. The Bertz CT molecular complexity index is 602. The molecule has 2 rings (SSSR count). The molecule has 0 spiro atoms. The van der Waals surface area contributed by atoms with E-state index in [4.69, 9.17) is 0 Å². The first-order valence-corrected chi connectivity index (χ1v) is 7.19. The summed E-state index contributed by atoms with van der Waals surface area (Å²) >= 11 is 3.29. The van der Waals surface area contributed by atoms with Gasteiger partial charge in [0.05, 0.1) is 5.33 Å². The number of alkyl halides is 1. The largest absolute Gasteiger partial charge is 0.310 e. The number of nitrogens with zero attached hydrogens (tertiary/aromatic N) is 3. The summed E-state index contributed by atoms with van der Waals surface area (Å²) in [7, 11) is 0. The lowest BCUT2D eigenvalue weighted by Gasteiger charge is -2.12. The zero-order valence-electron chi connectivity index (χ0n) is 11.0. The molecule has 1 aromatic heterocycles. The number of hydrogen-bond donors (Lipinski definition) is 0. The fraction of sp³-hybridized carbons (Fsp3) is 0.385. The lowest BCUT2D eigenvalue weighted by molar-refractivity contribution is 0.447. The molecule has 0 N–H and O–H groups in total. The van der Waals surface area contributed by atoms with Crippen molar-refractivity contribution >= 4 is 15.9 Å². The van der Waals surface area contributed by atoms with E-state index in [0.717, 1.165) is 12.1 Å². The van der Waals surface area contributed by atoms with Crippen molar-refractivity contribution in [3.05, 3.63) is 35.4 Å². The van der Waals surface area contributed by atoms with Crippen LogP contribution in [0.4, 0.5) is 13.2 Å². The minimum Gasteiger partial charge on any atom is -0.310 e. The summed E-state index contributed by atoms with van der Waals surface area (Å²) in [4.78, 5) is 0. The molecule has 20 heavy (non-hydrogen) atoms. The average molecular weight is 348 g/mol. The second kappa shape index (κ2) is 5.95. The van der Waals surface area contributed by atoms with E-state index in [0.29, 0.717) is 29.4 Å². The summed E-state index contributed by atoms with van der Waals surface area (Å²) in [6.45, 7) is 4.62. The smallest absolute Gasteiger partial charge is 0.194 e. The Hall–Kier alpha value is -1.37. The molecule has 2 aromatic rings. The third kappa shape index (κ3) is 2.87. The number of aromatic nitrogens is 3. The Morgan fingerprint density at radius 3 is 2.25 bits per heavy atom. The van der Waals surface area contributed by atoms with Crippen LogP contribution < -0.4 is 0 Å². The molecular formula is C13H13BrF3N3. The molecule has 0 aliphatic heterocycles. The highest BCUT2D eigenvalue weighted by Crippen LogP contribution is 2.24. The van der Waals surface area contributed by atoms with E-state index in [2.05, 4.69) is 26.1 Å². The molecule has 0 atom stereocenters. The Morgan fingerprint density at radius 1 is 1.15 bits per heavy atom. The molecule has 3 nitrogen and oxygen atoms in total. The standard InChI is InChI=1S/C13H13BrF3N3/c1-7(2)6-20-11(5-14)18-19-13(20)8-3-9(15)12(17)10(16)4-8/h3-4,7H,5-6H2,1-2H3. The maximum Gasteiger partial charge on any atom is 0.194 e. The summed E-state index contributed by atoms with van der Waals surface area (Å²) in [5, 5.41) is 8.39. The van der Waals surface area contributed by atoms with Crippen LogP contribution in [0.3, 0.4) is 0 Å². The highest BCUT2D eigenvalue weighted by atomic mass is 79.9. The van der Waals surface area contributed by atoms with Crippen LogP contribution in [0.5, 0.6) is 0 Å². The lowest BCUT2D eigenvalue weighted by Crippen LogP contribution is -2.09. The maximum atomic E-state index is 13.3. The van der Waals surface area contributed by atoms with Crippen molar-refractivity contribution < 1.29 is 13.2 Å². The van der Waals surface area contributed by atoms with Crippen molar-refractivity contribution in [2.75, 3.05) is 0 Å². The molecule has 0 fully saturated rings. The normalized spacial score (nSPS) is 11.3. The van der Waals surface area contributed by atoms with Gasteiger partial charge in [-0.3, -0.25) is 0 Å². The Labute approximate surface area is 123 Å². The summed E-state index contributed by atoms with van der Waals surface area (Å²) < 4.78 is 41.4. The highest BCUT2D eigenvalue weighted by Gasteiger charge is 2.18. The van der Waals surface area contributed by atoms with E-state index in [1.807, 2.05) is 13.8 Å². The number of rotatable bonds is 4. The fourth-order valence-corrected chi connectivity index (χ4v) is 2.30. The van der Waals surface area contributed by atoms with Gasteiger partial charge in [-0.2, -0.15) is 0 Å². The molecule has 0 saturated heterocycles. The molecule has 1 aromatic carbocycles. The van der Waals surface area contributed by atoms with Gasteiger partial charge in [0.25, 0.3) is 0 Å². The van der Waals surface area contributed by atoms with Crippen LogP contribution in [0.2, 0.25) is 0 Å². The first kappa shape index (κ1) is 15.0. The summed E-state index contributed by atoms with van der Waals surface area (Å²) in [5.74, 6) is -2.68. The third-order valence-electron chi connectivity index (χ3n) is 2.74. The molecule has 0 amide bonds. The van der Waals surface area contributed by atoms with Crippen LogP contribution in [-0.2, 0) is 11.9 Å². The van der Waals surface area contributed by atoms with E-state index < -0.39 is 17.5 Å². The third-order valence-corrected chi connectivity index (χ3v) is 3.24. The molecule has 0 radical (unpaired) electrons. The second-order valence-electron chi connectivity index (χ2n) is 4.83. The molecular weight excluding hydrogens is 335 g/mol. The van der Waals surface area contributed by atoms with Gasteiger partial charge in [-0.05, 0) is 18.1 Å². The van der Waals surface area contributed by atoms with Crippen LogP contribution in [-0.4, -0.2) is 14.8 Å². The van der Waals surface area contributed by atoms with Gasteiger partial charge in [0, 0.05) is 12.1 Å². The van der Waals surface area contributed by atoms with Crippen LogP contribution in [0, 0.1) is 23.4 Å². The topological polar surface area (TPSA) is 30.7 Å². The van der Waals surface area contributed by atoms with Crippen molar-refractivity contribution in [1.29, 1.82) is 0 Å². The second-order valence-corrected chi connectivity index (χ2v) is 5.39. The number of hydrogen-bond acceptors (Lipinski definition) is 2. The van der Waals surface area contributed by atoms with E-state index in [-0.39, 0.29) is 5.56 Å². The van der Waals surface area contributed by atoms with Crippen molar-refractivity contribution in [3.8, 4) is 11.4 Å². The van der Waals surface area contributed by atoms with Crippen molar-refractivity contribution in [2.24, 2.45) is 5.92 Å². The molecule has 0 saturated carbocycles. The molecule has 108 valence electrons. The predicted octanol–water partition coefficient (Wildman–Crippen LogP) is 3.91. The number of halogens is 4. The van der Waals surface area contributed by atoms with Crippen molar-refractivity contribution in [2.45, 2.75) is 25.7 Å². The zero-order chi connectivity index (χ0) is 14.9. The van der Waals surface area contributed by atoms with Gasteiger partial charge < -0.3 is 4.57 Å². The summed E-state index contributed by atoms with van der Waals surface area (Å²) in [6.07, 6.45) is 0. The molecule has 0 aliphatic rings. The van der Waals surface area contributed by atoms with Gasteiger partial charge in [0.2, 0.25) is 0 Å². The minimum atomic E-state index is -1.48. The molecule has 0 bridgehead atoms. The zero-order valence-corrected chi connectivity index (χ0v) is 12.6. The average Bonchev–Trinajstić information content (AvgIpc) is 2.77. The van der Waals surface area contributed by atoms with E-state index in [1.54, 1.807) is 4.57 Å². The van der Waals surface area contributed by atoms with Gasteiger partial charge in [-0.15, -0.1) is 10.2 Å². The molecule has 7 heteroatoms. The highest BCUT2D eigenvalue weighted by molar-refractivity contribution is 9.08. The van der Waals surface area contributed by atoms with E-state index >= 15 is 0 Å². The van der Waals surface area contributed by atoms with Gasteiger partial charge in [0.15, 0.2) is 23.3 Å². The summed E-state index contributed by atoms with van der Waals surface area (Å²) in [6, 6.07) is 1.86. The quantitative estimate of drug-likeness (QED) is 0.620. The first-order valence-electron chi connectivity index (χ1n) is 6.07. The van der Waals surface area contributed by atoms with Gasteiger partial charge in [-0.25, -0.2) is 13.2 Å². The molecule has 0 aliphatic carbocycles. The van der Waals surface area contributed by atoms with Crippen molar-refractivity contribution in [3.63, 3.8) is 0 Å². The van der Waals surface area contributed by atoms with Crippen molar-refractivity contribution in [1.82, 2.24) is 14.8 Å². The summed E-state index contributed by atoms with van der Waals surface area (Å²) in [5.41, 5.74) is 0.168. The van der Waals surface area contributed by atoms with Gasteiger partial charge in [0.1, 0.15) is 5.82 Å². The SMILES string of the molecule is CC(C)Cn1c(CBr)nnc1-c1cc(F)c(F)c(F)c1. The monoisotopic (exact) mass is 347 g/mol. The van der Waals surface area contributed by atoms with Crippen LogP contribution in [0.15, 0.2) is 12.1 Å². The molecule has 0 unspecified atom stereocenters. The maximum absolute atomic E-state index is 13.3. The van der Waals surface area contributed by atoms with E-state index in [9.17, 15) is 13.2 Å². The fourth-order valence-electron chi connectivity index (χ4n) is 1.89. The first-order chi connectivity index (χ1) is 9.43. The van der Waals surface area contributed by atoms with Crippen LogP contribution in [0.25, 0.3) is 11.4 Å².